The first-order chi connectivity index (χ1) is 18.2. The number of nitrogens with zero attached hydrogens (tertiary/aromatic N) is 2. The molecule has 3 aliphatic rings. The van der Waals surface area contributed by atoms with Crippen LogP contribution in [0.2, 0.25) is 0 Å². The zero-order valence-electron chi connectivity index (χ0n) is 22.1. The zero-order valence-corrected chi connectivity index (χ0v) is 22.1. The highest BCUT2D eigenvalue weighted by atomic mass is 16.8. The molecule has 2 aromatic carbocycles. The van der Waals surface area contributed by atoms with Crippen molar-refractivity contribution in [2.24, 2.45) is 5.92 Å². The summed E-state index contributed by atoms with van der Waals surface area (Å²) in [4.78, 5) is 41.3. The number of nitrogens with one attached hydrogen (secondary N) is 1. The molecule has 0 radical (unpaired) electrons. The molecule has 2 aromatic rings. The molecule has 202 valence electrons. The smallest absolute Gasteiger partial charge is 0.407 e. The van der Waals surface area contributed by atoms with E-state index in [4.69, 9.17) is 14.2 Å². The van der Waals surface area contributed by atoms with Gasteiger partial charge in [0.1, 0.15) is 12.7 Å². The number of rotatable bonds is 9. The van der Waals surface area contributed by atoms with E-state index in [2.05, 4.69) is 10.2 Å². The molecule has 2 aliphatic heterocycles. The fourth-order valence-electron chi connectivity index (χ4n) is 5.76. The second-order valence-corrected chi connectivity index (χ2v) is 10.8. The normalized spacial score (nSPS) is 25.5. The molecule has 0 bridgehead atoms. The summed E-state index contributed by atoms with van der Waals surface area (Å²) in [6.45, 7) is 5.80. The van der Waals surface area contributed by atoms with Gasteiger partial charge in [0.25, 0.3) is 11.8 Å². The van der Waals surface area contributed by atoms with Crippen molar-refractivity contribution in [1.82, 2.24) is 15.1 Å². The van der Waals surface area contributed by atoms with Crippen LogP contribution < -0.4 is 5.32 Å². The third-order valence-corrected chi connectivity index (χ3v) is 7.44. The number of imide groups is 1. The van der Waals surface area contributed by atoms with Gasteiger partial charge in [-0.15, -0.1) is 0 Å². The largest absolute Gasteiger partial charge is 0.445 e. The Bertz CT molecular complexity index is 1150. The molecule has 1 saturated heterocycles. The van der Waals surface area contributed by atoms with Crippen molar-refractivity contribution in [2.45, 2.75) is 57.3 Å². The molecule has 9 heteroatoms. The second-order valence-electron chi connectivity index (χ2n) is 10.8. The molecular formula is C29H35N3O6. The molecule has 1 N–H and O–H groups in total. The average molecular weight is 522 g/mol. The fourth-order valence-corrected chi connectivity index (χ4v) is 5.76. The third kappa shape index (κ3) is 5.60. The van der Waals surface area contributed by atoms with Crippen LogP contribution in [0.5, 0.6) is 0 Å². The van der Waals surface area contributed by atoms with Crippen molar-refractivity contribution in [3.63, 3.8) is 0 Å². The molecule has 1 aliphatic carbocycles. The molecule has 4 atom stereocenters. The first-order valence-electron chi connectivity index (χ1n) is 13.2. The van der Waals surface area contributed by atoms with Crippen LogP contribution >= 0.6 is 0 Å². The van der Waals surface area contributed by atoms with Crippen LogP contribution in [-0.4, -0.2) is 78.4 Å². The molecule has 5 rings (SSSR count). The van der Waals surface area contributed by atoms with E-state index in [0.717, 1.165) is 12.1 Å². The average Bonchev–Trinajstić information content (AvgIpc) is 3.46. The number of fused-ring (bicyclic) bond motifs is 2. The van der Waals surface area contributed by atoms with Gasteiger partial charge in [0.05, 0.1) is 23.3 Å². The van der Waals surface area contributed by atoms with Crippen LogP contribution in [-0.2, 0) is 20.8 Å². The lowest BCUT2D eigenvalue weighted by Crippen LogP contribution is -2.43. The van der Waals surface area contributed by atoms with E-state index in [1.165, 1.54) is 4.90 Å². The van der Waals surface area contributed by atoms with Gasteiger partial charge >= 0.3 is 6.09 Å². The zero-order chi connectivity index (χ0) is 26.9. The first kappa shape index (κ1) is 26.3. The van der Waals surface area contributed by atoms with Gasteiger partial charge in [-0.3, -0.25) is 14.5 Å². The molecule has 0 unspecified atom stereocenters. The molecule has 1 saturated carbocycles. The highest BCUT2D eigenvalue weighted by Gasteiger charge is 2.54. The monoisotopic (exact) mass is 521 g/mol. The van der Waals surface area contributed by atoms with E-state index in [0.29, 0.717) is 37.1 Å². The Morgan fingerprint density at radius 1 is 1.03 bits per heavy atom. The lowest BCUT2D eigenvalue weighted by Gasteiger charge is -2.27. The van der Waals surface area contributed by atoms with Gasteiger partial charge in [-0.1, -0.05) is 42.5 Å². The lowest BCUT2D eigenvalue weighted by atomic mass is 10.0. The minimum absolute atomic E-state index is 0.144. The van der Waals surface area contributed by atoms with Gasteiger partial charge in [0.2, 0.25) is 0 Å². The first-order valence-corrected chi connectivity index (χ1v) is 13.2. The van der Waals surface area contributed by atoms with E-state index in [1.807, 2.05) is 51.2 Å². The van der Waals surface area contributed by atoms with E-state index in [-0.39, 0.29) is 42.6 Å². The molecule has 3 amide bonds. The molecule has 0 aromatic heterocycles. The topological polar surface area (TPSA) is 97.4 Å². The van der Waals surface area contributed by atoms with Crippen LogP contribution in [0.1, 0.15) is 53.0 Å². The summed E-state index contributed by atoms with van der Waals surface area (Å²) in [5.41, 5.74) is 1.88. The van der Waals surface area contributed by atoms with Crippen molar-refractivity contribution in [3.05, 3.63) is 71.3 Å². The highest BCUT2D eigenvalue weighted by molar-refractivity contribution is 6.21. The summed E-state index contributed by atoms with van der Waals surface area (Å²) in [6.07, 6.45) is 0.489. The van der Waals surface area contributed by atoms with Crippen LogP contribution in [0, 0.1) is 5.92 Å². The number of ether oxygens (including phenoxy) is 3. The summed E-state index contributed by atoms with van der Waals surface area (Å²) < 4.78 is 17.8. The van der Waals surface area contributed by atoms with Crippen LogP contribution in [0.15, 0.2) is 54.6 Å². The van der Waals surface area contributed by atoms with Crippen LogP contribution in [0.4, 0.5) is 4.79 Å². The van der Waals surface area contributed by atoms with E-state index in [9.17, 15) is 14.4 Å². The third-order valence-electron chi connectivity index (χ3n) is 7.44. The maximum atomic E-state index is 12.6. The van der Waals surface area contributed by atoms with E-state index < -0.39 is 11.9 Å². The van der Waals surface area contributed by atoms with E-state index in [1.54, 1.807) is 24.3 Å². The lowest BCUT2D eigenvalue weighted by molar-refractivity contribution is -0.159. The Morgan fingerprint density at radius 3 is 2.34 bits per heavy atom. The van der Waals surface area contributed by atoms with Crippen molar-refractivity contribution >= 4 is 17.9 Å². The molecule has 2 heterocycles. The van der Waals surface area contributed by atoms with Crippen molar-refractivity contribution in [1.29, 1.82) is 0 Å². The van der Waals surface area contributed by atoms with Crippen molar-refractivity contribution in [3.8, 4) is 0 Å². The van der Waals surface area contributed by atoms with Gasteiger partial charge in [-0.05, 0) is 58.0 Å². The van der Waals surface area contributed by atoms with Gasteiger partial charge in [0.15, 0.2) is 5.79 Å². The molecule has 0 spiro atoms. The Kier molecular flexibility index (Phi) is 7.52. The summed E-state index contributed by atoms with van der Waals surface area (Å²) in [6, 6.07) is 16.3. The van der Waals surface area contributed by atoms with Gasteiger partial charge in [-0.2, -0.15) is 0 Å². The fraction of sp³-hybridized carbons (Fsp3) is 0.483. The number of benzene rings is 2. The molecule has 38 heavy (non-hydrogen) atoms. The summed E-state index contributed by atoms with van der Waals surface area (Å²) in [5.74, 6) is -1.03. The standard InChI is InChI=1S/C29H35N3O6/c1-29(2)37-24-20(16-23(25(24)38-29)30-28(35)36-18-19-10-5-4-6-11-19)17-31(3)14-9-15-32-26(33)21-12-7-8-13-22(21)27(32)34/h4-8,10-13,20,23-25H,9,14-18H2,1-3H3,(H,30,35)/t20-,23+,24+,25-/m0/s1. The predicted octanol–water partition coefficient (Wildman–Crippen LogP) is 3.44. The van der Waals surface area contributed by atoms with Gasteiger partial charge < -0.3 is 24.4 Å². The number of hydrogen-bond donors (Lipinski definition) is 1. The van der Waals surface area contributed by atoms with Crippen LogP contribution in [0.3, 0.4) is 0 Å². The maximum absolute atomic E-state index is 12.6. The van der Waals surface area contributed by atoms with Gasteiger partial charge in [-0.25, -0.2) is 4.79 Å². The molecule has 2 fully saturated rings. The minimum atomic E-state index is -0.730. The summed E-state index contributed by atoms with van der Waals surface area (Å²) in [7, 11) is 2.02. The Hall–Kier alpha value is -3.27. The maximum Gasteiger partial charge on any atom is 0.407 e. The summed E-state index contributed by atoms with van der Waals surface area (Å²) >= 11 is 0. The Morgan fingerprint density at radius 2 is 1.66 bits per heavy atom. The van der Waals surface area contributed by atoms with Gasteiger partial charge in [0, 0.05) is 19.0 Å². The minimum Gasteiger partial charge on any atom is -0.445 e. The van der Waals surface area contributed by atoms with Crippen LogP contribution in [0.25, 0.3) is 0 Å². The Labute approximate surface area is 223 Å². The van der Waals surface area contributed by atoms with E-state index >= 15 is 0 Å². The van der Waals surface area contributed by atoms with Crippen molar-refractivity contribution < 1.29 is 28.6 Å². The Balaban J connectivity index is 1.12. The number of amides is 3. The number of carbonyl (C=O) groups is 3. The number of hydrogen-bond acceptors (Lipinski definition) is 7. The molecule has 9 nitrogen and oxygen atoms in total. The number of carbonyl (C=O) groups excluding carboxylic acids is 3. The van der Waals surface area contributed by atoms with Crippen molar-refractivity contribution in [2.75, 3.05) is 26.7 Å². The quantitative estimate of drug-likeness (QED) is 0.505. The molecular weight excluding hydrogens is 486 g/mol. The number of alkyl carbamates (subject to hydrolysis) is 1. The second kappa shape index (κ2) is 10.8. The predicted molar refractivity (Wildman–Crippen MR) is 139 cm³/mol. The summed E-state index contributed by atoms with van der Waals surface area (Å²) in [5, 5.41) is 2.99. The SMILES string of the molecule is CN(CCCN1C(=O)c2ccccc2C1=O)C[C@@H]1C[C@@H](NC(=O)OCc2ccccc2)[C@@H]2OC(C)(C)O[C@H]12. The highest BCUT2D eigenvalue weighted by Crippen LogP contribution is 2.42.